The topological polar surface area (TPSA) is 46.5 Å². The lowest BCUT2D eigenvalue weighted by molar-refractivity contribution is -0.140. The van der Waals surface area contributed by atoms with Gasteiger partial charge in [0.1, 0.15) is 6.61 Å². The Bertz CT molecular complexity index is 405. The lowest BCUT2D eigenvalue weighted by atomic mass is 10.2. The van der Waals surface area contributed by atoms with Crippen molar-refractivity contribution in [3.05, 3.63) is 53.6 Å². The first-order valence-corrected chi connectivity index (χ1v) is 5.37. The molecule has 0 radical (unpaired) electrons. The standard InChI is InChI=1S/C14H16O3/c1-12(16)17-11-14(10-15)9-5-8-13-6-3-2-4-7-13/h2-9,15H,10-11H2,1H3/b8-5+,14-9+. The Morgan fingerprint density at radius 2 is 2.06 bits per heavy atom. The zero-order chi connectivity index (χ0) is 12.5. The fourth-order valence-electron chi connectivity index (χ4n) is 1.20. The van der Waals surface area contributed by atoms with Crippen LogP contribution in [-0.4, -0.2) is 24.3 Å². The maximum atomic E-state index is 10.6. The molecule has 90 valence electrons. The largest absolute Gasteiger partial charge is 0.461 e. The van der Waals surface area contributed by atoms with E-state index in [1.165, 1.54) is 6.92 Å². The Kier molecular flexibility index (Phi) is 5.75. The van der Waals surface area contributed by atoms with Gasteiger partial charge >= 0.3 is 5.97 Å². The van der Waals surface area contributed by atoms with Crippen LogP contribution in [0.1, 0.15) is 12.5 Å². The summed E-state index contributed by atoms with van der Waals surface area (Å²) in [5.74, 6) is -0.351. The molecule has 1 aromatic carbocycles. The van der Waals surface area contributed by atoms with Crippen LogP contribution in [0.4, 0.5) is 0 Å². The molecule has 0 aliphatic rings. The van der Waals surface area contributed by atoms with E-state index in [2.05, 4.69) is 0 Å². The number of aliphatic hydroxyl groups is 1. The number of allylic oxidation sites excluding steroid dienone is 2. The van der Waals surface area contributed by atoms with Crippen LogP contribution in [0.15, 0.2) is 48.1 Å². The summed E-state index contributed by atoms with van der Waals surface area (Å²) in [6.07, 6.45) is 5.49. The summed E-state index contributed by atoms with van der Waals surface area (Å²) >= 11 is 0. The molecule has 3 heteroatoms. The molecule has 0 saturated carbocycles. The zero-order valence-electron chi connectivity index (χ0n) is 9.80. The normalized spacial score (nSPS) is 11.8. The molecule has 0 aliphatic carbocycles. The summed E-state index contributed by atoms with van der Waals surface area (Å²) < 4.78 is 4.80. The summed E-state index contributed by atoms with van der Waals surface area (Å²) in [5.41, 5.74) is 1.74. The molecule has 0 atom stereocenters. The molecule has 0 bridgehead atoms. The van der Waals surface area contributed by atoms with Crippen molar-refractivity contribution in [3.63, 3.8) is 0 Å². The van der Waals surface area contributed by atoms with Gasteiger partial charge in [0.25, 0.3) is 0 Å². The molecular weight excluding hydrogens is 216 g/mol. The van der Waals surface area contributed by atoms with Crippen molar-refractivity contribution in [1.82, 2.24) is 0 Å². The van der Waals surface area contributed by atoms with Gasteiger partial charge in [-0.25, -0.2) is 0 Å². The van der Waals surface area contributed by atoms with Crippen LogP contribution in [0, 0.1) is 0 Å². The van der Waals surface area contributed by atoms with E-state index >= 15 is 0 Å². The third-order valence-electron chi connectivity index (χ3n) is 2.08. The van der Waals surface area contributed by atoms with Gasteiger partial charge in [-0.3, -0.25) is 4.79 Å². The molecule has 0 spiro atoms. The fourth-order valence-corrected chi connectivity index (χ4v) is 1.20. The highest BCUT2D eigenvalue weighted by molar-refractivity contribution is 5.66. The minimum absolute atomic E-state index is 0.119. The van der Waals surface area contributed by atoms with Crippen molar-refractivity contribution in [2.24, 2.45) is 0 Å². The second-order valence-corrected chi connectivity index (χ2v) is 3.53. The fraction of sp³-hybridized carbons (Fsp3) is 0.214. The monoisotopic (exact) mass is 232 g/mol. The average molecular weight is 232 g/mol. The first kappa shape index (κ1) is 13.2. The van der Waals surface area contributed by atoms with Crippen LogP contribution >= 0.6 is 0 Å². The Balaban J connectivity index is 2.55. The number of rotatable bonds is 5. The third kappa shape index (κ3) is 5.68. The van der Waals surface area contributed by atoms with Crippen molar-refractivity contribution in [2.45, 2.75) is 6.92 Å². The highest BCUT2D eigenvalue weighted by atomic mass is 16.5. The summed E-state index contributed by atoms with van der Waals surface area (Å²) in [4.78, 5) is 10.6. The van der Waals surface area contributed by atoms with E-state index < -0.39 is 0 Å². The number of ether oxygens (including phenoxy) is 1. The molecule has 17 heavy (non-hydrogen) atoms. The van der Waals surface area contributed by atoms with E-state index in [1.54, 1.807) is 6.08 Å². The molecule has 1 rings (SSSR count). The zero-order valence-corrected chi connectivity index (χ0v) is 9.80. The maximum Gasteiger partial charge on any atom is 0.302 e. The highest BCUT2D eigenvalue weighted by Gasteiger charge is 1.97. The molecule has 0 aliphatic heterocycles. The number of aliphatic hydroxyl groups excluding tert-OH is 1. The number of esters is 1. The molecule has 0 amide bonds. The van der Waals surface area contributed by atoms with E-state index in [-0.39, 0.29) is 19.2 Å². The van der Waals surface area contributed by atoms with Crippen molar-refractivity contribution in [3.8, 4) is 0 Å². The lowest BCUT2D eigenvalue weighted by Gasteiger charge is -2.02. The number of carbonyl (C=O) groups excluding carboxylic acids is 1. The quantitative estimate of drug-likeness (QED) is 0.625. The van der Waals surface area contributed by atoms with E-state index in [4.69, 9.17) is 9.84 Å². The predicted molar refractivity (Wildman–Crippen MR) is 67.3 cm³/mol. The van der Waals surface area contributed by atoms with Crippen molar-refractivity contribution < 1.29 is 14.6 Å². The molecule has 0 saturated heterocycles. The Hall–Kier alpha value is -1.87. The van der Waals surface area contributed by atoms with E-state index in [0.29, 0.717) is 5.57 Å². The van der Waals surface area contributed by atoms with Crippen molar-refractivity contribution in [1.29, 1.82) is 0 Å². The third-order valence-corrected chi connectivity index (χ3v) is 2.08. The van der Waals surface area contributed by atoms with E-state index in [1.807, 2.05) is 42.5 Å². The average Bonchev–Trinajstić information content (AvgIpc) is 2.34. The van der Waals surface area contributed by atoms with Crippen LogP contribution in [0.5, 0.6) is 0 Å². The van der Waals surface area contributed by atoms with E-state index in [9.17, 15) is 4.79 Å². The van der Waals surface area contributed by atoms with Gasteiger partial charge in [0.15, 0.2) is 0 Å². The molecule has 0 unspecified atom stereocenters. The first-order valence-electron chi connectivity index (χ1n) is 5.37. The number of carbonyl (C=O) groups is 1. The van der Waals surface area contributed by atoms with Gasteiger partial charge in [0.2, 0.25) is 0 Å². The van der Waals surface area contributed by atoms with Crippen LogP contribution < -0.4 is 0 Å². The van der Waals surface area contributed by atoms with E-state index in [0.717, 1.165) is 5.56 Å². The summed E-state index contributed by atoms with van der Waals surface area (Å²) in [5, 5.41) is 9.04. The van der Waals surface area contributed by atoms with Gasteiger partial charge in [-0.1, -0.05) is 48.6 Å². The Morgan fingerprint density at radius 3 is 2.65 bits per heavy atom. The van der Waals surface area contributed by atoms with Crippen molar-refractivity contribution in [2.75, 3.05) is 13.2 Å². The Labute approximate surface area is 101 Å². The minimum Gasteiger partial charge on any atom is -0.461 e. The van der Waals surface area contributed by atoms with Gasteiger partial charge in [0, 0.05) is 6.92 Å². The van der Waals surface area contributed by atoms with Crippen LogP contribution in [0.3, 0.4) is 0 Å². The van der Waals surface area contributed by atoms with Gasteiger partial charge in [-0.2, -0.15) is 0 Å². The van der Waals surface area contributed by atoms with Crippen LogP contribution in [0.25, 0.3) is 6.08 Å². The van der Waals surface area contributed by atoms with Crippen LogP contribution in [0.2, 0.25) is 0 Å². The molecule has 1 aromatic rings. The summed E-state index contributed by atoms with van der Waals surface area (Å²) in [6.45, 7) is 1.35. The molecular formula is C14H16O3. The molecule has 0 heterocycles. The minimum atomic E-state index is -0.351. The summed E-state index contributed by atoms with van der Waals surface area (Å²) in [6, 6.07) is 9.82. The molecule has 3 nitrogen and oxygen atoms in total. The number of hydrogen-bond donors (Lipinski definition) is 1. The van der Waals surface area contributed by atoms with Gasteiger partial charge in [0.05, 0.1) is 6.61 Å². The second kappa shape index (κ2) is 7.41. The number of hydrogen-bond acceptors (Lipinski definition) is 3. The lowest BCUT2D eigenvalue weighted by Crippen LogP contribution is -2.05. The predicted octanol–water partition coefficient (Wildman–Crippen LogP) is 2.18. The molecule has 0 aromatic heterocycles. The van der Waals surface area contributed by atoms with Gasteiger partial charge < -0.3 is 9.84 Å². The summed E-state index contributed by atoms with van der Waals surface area (Å²) in [7, 11) is 0. The van der Waals surface area contributed by atoms with Crippen molar-refractivity contribution >= 4 is 12.0 Å². The first-order chi connectivity index (χ1) is 8.22. The number of benzene rings is 1. The molecule has 1 N–H and O–H groups in total. The Morgan fingerprint density at radius 1 is 1.35 bits per heavy atom. The van der Waals surface area contributed by atoms with Gasteiger partial charge in [-0.05, 0) is 11.1 Å². The second-order valence-electron chi connectivity index (χ2n) is 3.53. The highest BCUT2D eigenvalue weighted by Crippen LogP contribution is 2.02. The maximum absolute atomic E-state index is 10.6. The van der Waals surface area contributed by atoms with Gasteiger partial charge in [-0.15, -0.1) is 0 Å². The smallest absolute Gasteiger partial charge is 0.302 e. The SMILES string of the molecule is CC(=O)OC/C(=C/C=C/c1ccccc1)CO. The van der Waals surface area contributed by atoms with Crippen LogP contribution in [-0.2, 0) is 9.53 Å². The molecule has 0 fully saturated rings.